The number of pyridine rings is 1. The van der Waals surface area contributed by atoms with Gasteiger partial charge in [-0.1, -0.05) is 18.5 Å². The standard InChI is InChI=1S/C10H16ClN3/c1-3-5-14(4-2)10-9(11)6-8(12)7-13-10/h6-7H,3-5,12H2,1-2H3. The van der Waals surface area contributed by atoms with Gasteiger partial charge in [-0.2, -0.15) is 0 Å². The Labute approximate surface area is 89.9 Å². The maximum Gasteiger partial charge on any atom is 0.147 e. The van der Waals surface area contributed by atoms with E-state index in [0.717, 1.165) is 25.3 Å². The third-order valence-corrected chi connectivity index (χ3v) is 2.30. The zero-order valence-electron chi connectivity index (χ0n) is 8.63. The second-order valence-corrected chi connectivity index (χ2v) is 3.56. The number of hydrogen-bond acceptors (Lipinski definition) is 3. The van der Waals surface area contributed by atoms with Crippen LogP contribution in [-0.4, -0.2) is 18.1 Å². The molecule has 14 heavy (non-hydrogen) atoms. The molecule has 0 saturated carbocycles. The monoisotopic (exact) mass is 213 g/mol. The molecule has 0 atom stereocenters. The van der Waals surface area contributed by atoms with E-state index in [4.69, 9.17) is 17.3 Å². The average Bonchev–Trinajstić information content (AvgIpc) is 2.15. The lowest BCUT2D eigenvalue weighted by Crippen LogP contribution is -2.24. The Kier molecular flexibility index (Phi) is 4.01. The molecular formula is C10H16ClN3. The Morgan fingerprint density at radius 3 is 2.71 bits per heavy atom. The zero-order valence-corrected chi connectivity index (χ0v) is 9.38. The molecule has 0 radical (unpaired) electrons. The van der Waals surface area contributed by atoms with Crippen LogP contribution in [0.3, 0.4) is 0 Å². The molecule has 78 valence electrons. The minimum atomic E-state index is 0.603. The lowest BCUT2D eigenvalue weighted by molar-refractivity contribution is 0.779. The average molecular weight is 214 g/mol. The molecule has 4 heteroatoms. The van der Waals surface area contributed by atoms with Crippen LogP contribution in [0.1, 0.15) is 20.3 Å². The summed E-state index contributed by atoms with van der Waals surface area (Å²) in [5, 5.41) is 0.625. The Hall–Kier alpha value is -0.960. The summed E-state index contributed by atoms with van der Waals surface area (Å²) in [7, 11) is 0. The van der Waals surface area contributed by atoms with Crippen molar-refractivity contribution in [3.8, 4) is 0 Å². The first kappa shape index (κ1) is 11.1. The minimum Gasteiger partial charge on any atom is -0.397 e. The largest absolute Gasteiger partial charge is 0.397 e. The molecule has 0 aliphatic heterocycles. The van der Waals surface area contributed by atoms with Crippen LogP contribution in [0.5, 0.6) is 0 Å². The van der Waals surface area contributed by atoms with Crippen LogP contribution >= 0.6 is 11.6 Å². The molecule has 0 fully saturated rings. The van der Waals surface area contributed by atoms with Gasteiger partial charge >= 0.3 is 0 Å². The third kappa shape index (κ3) is 2.51. The van der Waals surface area contributed by atoms with Crippen molar-refractivity contribution in [2.24, 2.45) is 0 Å². The summed E-state index contributed by atoms with van der Waals surface area (Å²) in [5.74, 6) is 0.824. The molecule has 0 aromatic carbocycles. The van der Waals surface area contributed by atoms with Crippen molar-refractivity contribution in [2.75, 3.05) is 23.7 Å². The first-order valence-electron chi connectivity index (χ1n) is 4.85. The van der Waals surface area contributed by atoms with E-state index in [1.165, 1.54) is 0 Å². The van der Waals surface area contributed by atoms with E-state index in [0.29, 0.717) is 10.7 Å². The highest BCUT2D eigenvalue weighted by molar-refractivity contribution is 6.33. The van der Waals surface area contributed by atoms with E-state index in [1.54, 1.807) is 12.3 Å². The molecule has 1 aromatic heterocycles. The van der Waals surface area contributed by atoms with Crippen LogP contribution in [0.4, 0.5) is 11.5 Å². The van der Waals surface area contributed by atoms with Gasteiger partial charge in [0.15, 0.2) is 0 Å². The molecule has 3 nitrogen and oxygen atoms in total. The predicted molar refractivity (Wildman–Crippen MR) is 61.8 cm³/mol. The number of nitrogen functional groups attached to an aromatic ring is 1. The van der Waals surface area contributed by atoms with E-state index < -0.39 is 0 Å². The highest BCUT2D eigenvalue weighted by Gasteiger charge is 2.09. The van der Waals surface area contributed by atoms with Gasteiger partial charge < -0.3 is 10.6 Å². The summed E-state index contributed by atoms with van der Waals surface area (Å²) >= 11 is 6.05. The summed E-state index contributed by atoms with van der Waals surface area (Å²) in [6.07, 6.45) is 2.72. The minimum absolute atomic E-state index is 0.603. The highest BCUT2D eigenvalue weighted by Crippen LogP contribution is 2.24. The van der Waals surface area contributed by atoms with Crippen molar-refractivity contribution in [2.45, 2.75) is 20.3 Å². The van der Waals surface area contributed by atoms with E-state index in [-0.39, 0.29) is 0 Å². The Bertz CT molecular complexity index is 301. The van der Waals surface area contributed by atoms with Crippen LogP contribution in [-0.2, 0) is 0 Å². The second-order valence-electron chi connectivity index (χ2n) is 3.15. The molecule has 1 aromatic rings. The number of rotatable bonds is 4. The number of aromatic nitrogens is 1. The van der Waals surface area contributed by atoms with Crippen molar-refractivity contribution >= 4 is 23.1 Å². The number of halogens is 1. The van der Waals surface area contributed by atoms with Crippen molar-refractivity contribution in [3.63, 3.8) is 0 Å². The normalized spacial score (nSPS) is 10.2. The fraction of sp³-hybridized carbons (Fsp3) is 0.500. The maximum absolute atomic E-state index is 6.05. The summed E-state index contributed by atoms with van der Waals surface area (Å²) < 4.78 is 0. The van der Waals surface area contributed by atoms with Crippen LogP contribution in [0.15, 0.2) is 12.3 Å². The van der Waals surface area contributed by atoms with E-state index in [1.807, 2.05) is 0 Å². The van der Waals surface area contributed by atoms with Gasteiger partial charge in [-0.25, -0.2) is 4.98 Å². The smallest absolute Gasteiger partial charge is 0.147 e. The Morgan fingerprint density at radius 1 is 1.50 bits per heavy atom. The molecule has 2 N–H and O–H groups in total. The lowest BCUT2D eigenvalue weighted by Gasteiger charge is -2.22. The molecule has 1 heterocycles. The van der Waals surface area contributed by atoms with Crippen LogP contribution in [0.25, 0.3) is 0 Å². The van der Waals surface area contributed by atoms with Gasteiger partial charge in [0, 0.05) is 13.1 Å². The molecule has 1 rings (SSSR count). The first-order valence-corrected chi connectivity index (χ1v) is 5.22. The molecule has 0 bridgehead atoms. The summed E-state index contributed by atoms with van der Waals surface area (Å²) in [5.41, 5.74) is 6.18. The van der Waals surface area contributed by atoms with Crippen LogP contribution in [0, 0.1) is 0 Å². The van der Waals surface area contributed by atoms with Gasteiger partial charge in [0.05, 0.1) is 16.9 Å². The van der Waals surface area contributed by atoms with Gasteiger partial charge in [-0.15, -0.1) is 0 Å². The molecule has 0 aliphatic rings. The topological polar surface area (TPSA) is 42.2 Å². The van der Waals surface area contributed by atoms with E-state index >= 15 is 0 Å². The number of nitrogens with two attached hydrogens (primary N) is 1. The van der Waals surface area contributed by atoms with Crippen molar-refractivity contribution in [1.29, 1.82) is 0 Å². The molecule has 0 spiro atoms. The maximum atomic E-state index is 6.05. The number of nitrogens with zero attached hydrogens (tertiary/aromatic N) is 2. The van der Waals surface area contributed by atoms with Gasteiger partial charge in [0.25, 0.3) is 0 Å². The number of anilines is 2. The van der Waals surface area contributed by atoms with Crippen molar-refractivity contribution in [3.05, 3.63) is 17.3 Å². The Balaban J connectivity index is 2.92. The van der Waals surface area contributed by atoms with Crippen molar-refractivity contribution < 1.29 is 0 Å². The third-order valence-electron chi connectivity index (χ3n) is 2.02. The zero-order chi connectivity index (χ0) is 10.6. The van der Waals surface area contributed by atoms with Crippen LogP contribution in [0.2, 0.25) is 5.02 Å². The summed E-state index contributed by atoms with van der Waals surface area (Å²) in [6.45, 7) is 6.09. The summed E-state index contributed by atoms with van der Waals surface area (Å²) in [6, 6.07) is 1.74. The SMILES string of the molecule is CCCN(CC)c1ncc(N)cc1Cl. The molecular weight excluding hydrogens is 198 g/mol. The summed E-state index contributed by atoms with van der Waals surface area (Å²) in [4.78, 5) is 6.38. The number of hydrogen-bond donors (Lipinski definition) is 1. The molecule has 0 saturated heterocycles. The fourth-order valence-corrected chi connectivity index (χ4v) is 1.66. The fourth-order valence-electron chi connectivity index (χ4n) is 1.36. The lowest BCUT2D eigenvalue weighted by atomic mass is 10.3. The molecule has 0 amide bonds. The van der Waals surface area contributed by atoms with Crippen LogP contribution < -0.4 is 10.6 Å². The van der Waals surface area contributed by atoms with Gasteiger partial charge in [-0.3, -0.25) is 0 Å². The Morgan fingerprint density at radius 2 is 2.21 bits per heavy atom. The van der Waals surface area contributed by atoms with E-state index in [9.17, 15) is 0 Å². The quantitative estimate of drug-likeness (QED) is 0.836. The van der Waals surface area contributed by atoms with E-state index in [2.05, 4.69) is 23.7 Å². The van der Waals surface area contributed by atoms with Crippen molar-refractivity contribution in [1.82, 2.24) is 4.98 Å². The van der Waals surface area contributed by atoms with Gasteiger partial charge in [0.2, 0.25) is 0 Å². The molecule has 0 aliphatic carbocycles. The first-order chi connectivity index (χ1) is 6.69. The highest BCUT2D eigenvalue weighted by atomic mass is 35.5. The van der Waals surface area contributed by atoms with Gasteiger partial charge in [-0.05, 0) is 19.4 Å². The second kappa shape index (κ2) is 5.05. The molecule has 0 unspecified atom stereocenters. The predicted octanol–water partition coefficient (Wildman–Crippen LogP) is 2.55. The van der Waals surface area contributed by atoms with Gasteiger partial charge in [0.1, 0.15) is 5.82 Å².